The van der Waals surface area contributed by atoms with Crippen LogP contribution in [0.1, 0.15) is 50.0 Å². The zero-order valence-corrected chi connectivity index (χ0v) is 16.1. The summed E-state index contributed by atoms with van der Waals surface area (Å²) < 4.78 is 0. The van der Waals surface area contributed by atoms with E-state index in [9.17, 15) is 0 Å². The van der Waals surface area contributed by atoms with Crippen molar-refractivity contribution >= 4 is 17.3 Å². The summed E-state index contributed by atoms with van der Waals surface area (Å²) in [6, 6.07) is 10.6. The molecule has 2 rings (SSSR count). The number of benzene rings is 1. The van der Waals surface area contributed by atoms with Crippen LogP contribution in [0.25, 0.3) is 0 Å². The maximum Gasteiger partial charge on any atom is 0.191 e. The summed E-state index contributed by atoms with van der Waals surface area (Å²) in [5.74, 6) is 0.818. The van der Waals surface area contributed by atoms with Crippen molar-refractivity contribution in [1.29, 1.82) is 0 Å². The summed E-state index contributed by atoms with van der Waals surface area (Å²) in [5, 5.41) is 10.1. The molecule has 24 heavy (non-hydrogen) atoms. The third-order valence-corrected chi connectivity index (χ3v) is 4.74. The molecule has 0 aliphatic rings. The molecule has 0 spiro atoms. The van der Waals surface area contributed by atoms with Gasteiger partial charge >= 0.3 is 0 Å². The number of aliphatic imine (C=N–C) groups is 1. The van der Waals surface area contributed by atoms with E-state index in [0.29, 0.717) is 0 Å². The summed E-state index contributed by atoms with van der Waals surface area (Å²) in [7, 11) is 1.80. The van der Waals surface area contributed by atoms with Crippen molar-refractivity contribution in [3.8, 4) is 0 Å². The Morgan fingerprint density at radius 2 is 1.96 bits per heavy atom. The van der Waals surface area contributed by atoms with E-state index in [-0.39, 0.29) is 11.5 Å². The molecule has 0 bridgehead atoms. The maximum absolute atomic E-state index is 4.73. The molecule has 0 saturated carbocycles. The minimum atomic E-state index is 0.116. The van der Waals surface area contributed by atoms with E-state index in [1.807, 2.05) is 6.07 Å². The lowest BCUT2D eigenvalue weighted by atomic mass is 9.93. The fourth-order valence-electron chi connectivity index (χ4n) is 2.28. The Labute approximate surface area is 149 Å². The standard InChI is InChI=1S/C19H28N4S/c1-14(15-9-7-6-8-10-15)22-18(20-5)21-12-11-17-23-16(13-24-17)19(2,3)4/h6-10,13-14H,11-12H2,1-5H3,(H2,20,21,22). The van der Waals surface area contributed by atoms with E-state index in [4.69, 9.17) is 4.98 Å². The van der Waals surface area contributed by atoms with Crippen LogP contribution in [0.4, 0.5) is 0 Å². The number of nitrogens with zero attached hydrogens (tertiary/aromatic N) is 2. The highest BCUT2D eigenvalue weighted by atomic mass is 32.1. The normalized spacial score (nSPS) is 13.6. The zero-order valence-electron chi connectivity index (χ0n) is 15.3. The lowest BCUT2D eigenvalue weighted by molar-refractivity contribution is 0.570. The summed E-state index contributed by atoms with van der Waals surface area (Å²) in [5.41, 5.74) is 2.53. The number of nitrogens with one attached hydrogen (secondary N) is 2. The maximum atomic E-state index is 4.73. The predicted molar refractivity (Wildman–Crippen MR) is 104 cm³/mol. The van der Waals surface area contributed by atoms with Crippen molar-refractivity contribution in [3.63, 3.8) is 0 Å². The van der Waals surface area contributed by atoms with E-state index < -0.39 is 0 Å². The lowest BCUT2D eigenvalue weighted by Crippen LogP contribution is -2.39. The van der Waals surface area contributed by atoms with Gasteiger partial charge in [-0.2, -0.15) is 0 Å². The van der Waals surface area contributed by atoms with Crippen LogP contribution < -0.4 is 10.6 Å². The quantitative estimate of drug-likeness (QED) is 0.639. The Hall–Kier alpha value is -1.88. The first-order chi connectivity index (χ1) is 11.4. The first kappa shape index (κ1) is 18.5. The highest BCUT2D eigenvalue weighted by molar-refractivity contribution is 7.09. The summed E-state index contributed by atoms with van der Waals surface area (Å²) in [6.07, 6.45) is 0.904. The molecule has 2 N–H and O–H groups in total. The topological polar surface area (TPSA) is 49.3 Å². The van der Waals surface area contributed by atoms with Crippen LogP contribution in [-0.2, 0) is 11.8 Å². The van der Waals surface area contributed by atoms with Crippen molar-refractivity contribution in [2.45, 2.75) is 45.6 Å². The van der Waals surface area contributed by atoms with Crippen LogP contribution in [0.15, 0.2) is 40.7 Å². The van der Waals surface area contributed by atoms with Gasteiger partial charge < -0.3 is 10.6 Å². The Balaban J connectivity index is 1.83. The van der Waals surface area contributed by atoms with E-state index in [0.717, 1.165) is 18.9 Å². The molecule has 1 heterocycles. The van der Waals surface area contributed by atoms with Crippen LogP contribution >= 0.6 is 11.3 Å². The van der Waals surface area contributed by atoms with Gasteiger partial charge in [-0.1, -0.05) is 51.1 Å². The first-order valence-electron chi connectivity index (χ1n) is 8.37. The molecule has 0 fully saturated rings. The Morgan fingerprint density at radius 3 is 2.54 bits per heavy atom. The average Bonchev–Trinajstić information content (AvgIpc) is 3.04. The van der Waals surface area contributed by atoms with Crippen molar-refractivity contribution in [3.05, 3.63) is 52.0 Å². The van der Waals surface area contributed by atoms with Crippen molar-refractivity contribution in [2.24, 2.45) is 4.99 Å². The average molecular weight is 345 g/mol. The van der Waals surface area contributed by atoms with Gasteiger partial charge in [0.15, 0.2) is 5.96 Å². The van der Waals surface area contributed by atoms with E-state index >= 15 is 0 Å². The second-order valence-corrected chi connectivity index (χ2v) is 7.84. The smallest absolute Gasteiger partial charge is 0.191 e. The minimum absolute atomic E-state index is 0.116. The van der Waals surface area contributed by atoms with E-state index in [1.54, 1.807) is 18.4 Å². The number of rotatable bonds is 5. The highest BCUT2D eigenvalue weighted by Gasteiger charge is 2.17. The molecule has 1 aromatic heterocycles. The van der Waals surface area contributed by atoms with Gasteiger partial charge in [-0.25, -0.2) is 4.98 Å². The fraction of sp³-hybridized carbons (Fsp3) is 0.474. The van der Waals surface area contributed by atoms with Crippen LogP contribution in [0.2, 0.25) is 0 Å². The van der Waals surface area contributed by atoms with Crippen LogP contribution in [0.3, 0.4) is 0 Å². The van der Waals surface area contributed by atoms with Gasteiger partial charge in [0.25, 0.3) is 0 Å². The molecule has 0 saturated heterocycles. The van der Waals surface area contributed by atoms with Gasteiger partial charge in [-0.05, 0) is 12.5 Å². The minimum Gasteiger partial charge on any atom is -0.356 e. The molecule has 1 aromatic carbocycles. The van der Waals surface area contributed by atoms with Gasteiger partial charge in [0.2, 0.25) is 0 Å². The molecule has 2 aromatic rings. The molecule has 0 aliphatic heterocycles. The summed E-state index contributed by atoms with van der Waals surface area (Å²) in [4.78, 5) is 9.04. The molecular weight excluding hydrogens is 316 g/mol. The van der Waals surface area contributed by atoms with Crippen LogP contribution in [0, 0.1) is 0 Å². The molecule has 0 radical (unpaired) electrons. The van der Waals surface area contributed by atoms with Crippen molar-refractivity contribution in [1.82, 2.24) is 15.6 Å². The largest absolute Gasteiger partial charge is 0.356 e. The number of hydrogen-bond donors (Lipinski definition) is 2. The number of guanidine groups is 1. The Bertz CT molecular complexity index is 656. The van der Waals surface area contributed by atoms with E-state index in [1.165, 1.54) is 16.3 Å². The third-order valence-electron chi connectivity index (χ3n) is 3.83. The third kappa shape index (κ3) is 5.34. The molecule has 1 unspecified atom stereocenters. The lowest BCUT2D eigenvalue weighted by Gasteiger charge is -2.18. The number of hydrogen-bond acceptors (Lipinski definition) is 3. The molecule has 0 amide bonds. The number of aromatic nitrogens is 1. The summed E-state index contributed by atoms with van der Waals surface area (Å²) in [6.45, 7) is 9.54. The van der Waals surface area contributed by atoms with Crippen LogP contribution in [0.5, 0.6) is 0 Å². The molecule has 4 nitrogen and oxygen atoms in total. The molecule has 5 heteroatoms. The zero-order chi connectivity index (χ0) is 17.6. The Morgan fingerprint density at radius 1 is 1.25 bits per heavy atom. The molecule has 130 valence electrons. The first-order valence-corrected chi connectivity index (χ1v) is 9.25. The second kappa shape index (κ2) is 8.29. The SMILES string of the molecule is CN=C(NCCc1nc(C(C)(C)C)cs1)NC(C)c1ccccc1. The second-order valence-electron chi connectivity index (χ2n) is 6.90. The van der Waals surface area contributed by atoms with Gasteiger partial charge in [0.05, 0.1) is 16.7 Å². The highest BCUT2D eigenvalue weighted by Crippen LogP contribution is 2.23. The fourth-order valence-corrected chi connectivity index (χ4v) is 3.31. The molecule has 0 aliphatic carbocycles. The number of thiazole rings is 1. The van der Waals surface area contributed by atoms with Crippen LogP contribution in [-0.4, -0.2) is 24.5 Å². The summed E-state index contributed by atoms with van der Waals surface area (Å²) >= 11 is 1.74. The van der Waals surface area contributed by atoms with Crippen molar-refractivity contribution < 1.29 is 0 Å². The van der Waals surface area contributed by atoms with Crippen molar-refractivity contribution in [2.75, 3.05) is 13.6 Å². The van der Waals surface area contributed by atoms with E-state index in [2.05, 4.69) is 73.0 Å². The molecular formula is C19H28N4S. The predicted octanol–water partition coefficient (Wildman–Crippen LogP) is 3.91. The van der Waals surface area contributed by atoms with Gasteiger partial charge in [-0.3, -0.25) is 4.99 Å². The van der Waals surface area contributed by atoms with Gasteiger partial charge in [0, 0.05) is 30.8 Å². The van der Waals surface area contributed by atoms with Gasteiger partial charge in [0.1, 0.15) is 0 Å². The Kier molecular flexibility index (Phi) is 6.37. The molecule has 1 atom stereocenters. The van der Waals surface area contributed by atoms with Gasteiger partial charge in [-0.15, -0.1) is 11.3 Å². The monoisotopic (exact) mass is 344 g/mol.